The maximum atomic E-state index is 3.65. The van der Waals surface area contributed by atoms with Crippen LogP contribution in [0.1, 0.15) is 52.4 Å². The Labute approximate surface area is 94.4 Å². The number of nitrogens with zero attached hydrogens (tertiary/aromatic N) is 1. The second kappa shape index (κ2) is 4.84. The summed E-state index contributed by atoms with van der Waals surface area (Å²) in [7, 11) is 0. The van der Waals surface area contributed by atoms with Gasteiger partial charge in [-0.05, 0) is 45.2 Å². The van der Waals surface area contributed by atoms with Crippen molar-refractivity contribution in [2.45, 2.75) is 64.0 Å². The fraction of sp³-hybridized carbons (Fsp3) is 1.00. The molecular formula is C13H26N2. The molecule has 2 aliphatic heterocycles. The van der Waals surface area contributed by atoms with Gasteiger partial charge in [-0.25, -0.2) is 0 Å². The van der Waals surface area contributed by atoms with Crippen LogP contribution in [0.15, 0.2) is 0 Å². The van der Waals surface area contributed by atoms with Gasteiger partial charge in [0.2, 0.25) is 0 Å². The van der Waals surface area contributed by atoms with Crippen LogP contribution in [-0.4, -0.2) is 36.1 Å². The molecule has 0 spiro atoms. The molecule has 2 fully saturated rings. The van der Waals surface area contributed by atoms with Crippen molar-refractivity contribution >= 4 is 0 Å². The molecule has 0 aromatic rings. The average Bonchev–Trinajstić information content (AvgIpc) is 2.49. The summed E-state index contributed by atoms with van der Waals surface area (Å²) in [6.07, 6.45) is 8.26. The molecule has 15 heavy (non-hydrogen) atoms. The lowest BCUT2D eigenvalue weighted by molar-refractivity contribution is 0.0216. The van der Waals surface area contributed by atoms with Crippen LogP contribution in [0.25, 0.3) is 0 Å². The van der Waals surface area contributed by atoms with Crippen molar-refractivity contribution in [2.75, 3.05) is 19.6 Å². The van der Waals surface area contributed by atoms with Crippen LogP contribution in [0.4, 0.5) is 0 Å². The van der Waals surface area contributed by atoms with Crippen LogP contribution < -0.4 is 5.32 Å². The van der Waals surface area contributed by atoms with E-state index < -0.39 is 0 Å². The van der Waals surface area contributed by atoms with Gasteiger partial charge in [0.1, 0.15) is 0 Å². The topological polar surface area (TPSA) is 15.3 Å². The molecule has 2 heterocycles. The third kappa shape index (κ3) is 2.07. The third-order valence-electron chi connectivity index (χ3n) is 4.66. The number of nitrogens with one attached hydrogen (secondary N) is 1. The Morgan fingerprint density at radius 3 is 2.73 bits per heavy atom. The van der Waals surface area contributed by atoms with Gasteiger partial charge in [-0.1, -0.05) is 20.3 Å². The Hall–Kier alpha value is -0.0800. The summed E-state index contributed by atoms with van der Waals surface area (Å²) in [6.45, 7) is 8.50. The maximum Gasteiger partial charge on any atom is 0.0331 e. The minimum absolute atomic E-state index is 0.460. The Bertz CT molecular complexity index is 199. The van der Waals surface area contributed by atoms with Gasteiger partial charge in [-0.3, -0.25) is 4.90 Å². The summed E-state index contributed by atoms with van der Waals surface area (Å²) < 4.78 is 0. The van der Waals surface area contributed by atoms with E-state index in [1.165, 1.54) is 58.2 Å². The first-order valence-corrected chi connectivity index (χ1v) is 6.80. The van der Waals surface area contributed by atoms with Crippen LogP contribution in [-0.2, 0) is 0 Å². The summed E-state index contributed by atoms with van der Waals surface area (Å²) in [5, 5.41) is 3.65. The zero-order valence-electron chi connectivity index (χ0n) is 10.4. The molecule has 2 aliphatic rings. The minimum Gasteiger partial charge on any atom is -0.315 e. The second-order valence-electron chi connectivity index (χ2n) is 5.24. The molecule has 88 valence electrons. The van der Waals surface area contributed by atoms with Crippen molar-refractivity contribution in [3.63, 3.8) is 0 Å². The summed E-state index contributed by atoms with van der Waals surface area (Å²) in [5.74, 6) is 0. The zero-order chi connectivity index (χ0) is 10.7. The van der Waals surface area contributed by atoms with Crippen molar-refractivity contribution in [3.8, 4) is 0 Å². The molecule has 0 bridgehead atoms. The Kier molecular flexibility index (Phi) is 3.68. The first-order valence-electron chi connectivity index (χ1n) is 6.80. The lowest BCUT2D eigenvalue weighted by atomic mass is 9.86. The van der Waals surface area contributed by atoms with Crippen LogP contribution >= 0.6 is 0 Å². The van der Waals surface area contributed by atoms with E-state index in [-0.39, 0.29) is 0 Å². The maximum absolute atomic E-state index is 3.65. The van der Waals surface area contributed by atoms with Gasteiger partial charge in [0.25, 0.3) is 0 Å². The molecule has 1 unspecified atom stereocenters. The highest BCUT2D eigenvalue weighted by molar-refractivity contribution is 4.97. The number of hydrogen-bond donors (Lipinski definition) is 1. The van der Waals surface area contributed by atoms with Gasteiger partial charge in [-0.15, -0.1) is 0 Å². The Balaban J connectivity index is 2.18. The fourth-order valence-electron chi connectivity index (χ4n) is 3.52. The smallest absolute Gasteiger partial charge is 0.0331 e. The summed E-state index contributed by atoms with van der Waals surface area (Å²) >= 11 is 0. The molecule has 1 atom stereocenters. The summed E-state index contributed by atoms with van der Waals surface area (Å²) in [5.41, 5.74) is 0.460. The van der Waals surface area contributed by atoms with Crippen molar-refractivity contribution in [3.05, 3.63) is 0 Å². The lowest BCUT2D eigenvalue weighted by Crippen LogP contribution is -2.57. The number of piperidine rings is 1. The van der Waals surface area contributed by atoms with Crippen LogP contribution in [0.5, 0.6) is 0 Å². The largest absolute Gasteiger partial charge is 0.315 e. The summed E-state index contributed by atoms with van der Waals surface area (Å²) in [6, 6.07) is 0.869. The van der Waals surface area contributed by atoms with Crippen molar-refractivity contribution in [1.82, 2.24) is 10.2 Å². The van der Waals surface area contributed by atoms with Crippen molar-refractivity contribution in [1.29, 1.82) is 0 Å². The van der Waals surface area contributed by atoms with Crippen LogP contribution in [0.3, 0.4) is 0 Å². The molecule has 0 aliphatic carbocycles. The van der Waals surface area contributed by atoms with Gasteiger partial charge < -0.3 is 5.32 Å². The van der Waals surface area contributed by atoms with Crippen molar-refractivity contribution < 1.29 is 0 Å². The minimum atomic E-state index is 0.460. The molecule has 0 aromatic heterocycles. The second-order valence-corrected chi connectivity index (χ2v) is 5.24. The normalized spacial score (nSPS) is 32.0. The summed E-state index contributed by atoms with van der Waals surface area (Å²) in [4.78, 5) is 2.84. The molecule has 2 rings (SSSR count). The standard InChI is InChI=1S/C13H26N2/c1-3-13(4-2)11-14-9-8-12-7-5-6-10-15(12)13/h12,14H,3-11H2,1-2H3. The SMILES string of the molecule is CCC1(CC)CNCCC2CCCCN21. The molecule has 0 amide bonds. The monoisotopic (exact) mass is 210 g/mol. The number of hydrogen-bond acceptors (Lipinski definition) is 2. The fourth-order valence-corrected chi connectivity index (χ4v) is 3.52. The predicted molar refractivity (Wildman–Crippen MR) is 65.1 cm³/mol. The van der Waals surface area contributed by atoms with E-state index in [4.69, 9.17) is 0 Å². The molecule has 0 aromatic carbocycles. The van der Waals surface area contributed by atoms with Gasteiger partial charge >= 0.3 is 0 Å². The molecule has 2 saturated heterocycles. The van der Waals surface area contributed by atoms with E-state index in [1.807, 2.05) is 0 Å². The number of fused-ring (bicyclic) bond motifs is 1. The highest BCUT2D eigenvalue weighted by atomic mass is 15.3. The van der Waals surface area contributed by atoms with Crippen molar-refractivity contribution in [2.24, 2.45) is 0 Å². The lowest BCUT2D eigenvalue weighted by Gasteiger charge is -2.48. The van der Waals surface area contributed by atoms with Crippen LogP contribution in [0.2, 0.25) is 0 Å². The van der Waals surface area contributed by atoms with Gasteiger partial charge in [0, 0.05) is 18.1 Å². The quantitative estimate of drug-likeness (QED) is 0.753. The predicted octanol–water partition coefficient (Wildman–Crippen LogP) is 2.39. The highest BCUT2D eigenvalue weighted by Gasteiger charge is 2.39. The van der Waals surface area contributed by atoms with E-state index in [9.17, 15) is 0 Å². The molecular weight excluding hydrogens is 184 g/mol. The Morgan fingerprint density at radius 2 is 2.00 bits per heavy atom. The zero-order valence-corrected chi connectivity index (χ0v) is 10.4. The molecule has 0 radical (unpaired) electrons. The van der Waals surface area contributed by atoms with E-state index in [1.54, 1.807) is 0 Å². The van der Waals surface area contributed by atoms with Crippen LogP contribution in [0, 0.1) is 0 Å². The molecule has 1 N–H and O–H groups in total. The average molecular weight is 210 g/mol. The van der Waals surface area contributed by atoms with E-state index in [0.717, 1.165) is 6.04 Å². The van der Waals surface area contributed by atoms with E-state index in [0.29, 0.717) is 5.54 Å². The third-order valence-corrected chi connectivity index (χ3v) is 4.66. The van der Waals surface area contributed by atoms with Gasteiger partial charge in [0.15, 0.2) is 0 Å². The molecule has 2 nitrogen and oxygen atoms in total. The van der Waals surface area contributed by atoms with Gasteiger partial charge in [-0.2, -0.15) is 0 Å². The first kappa shape index (κ1) is 11.4. The van der Waals surface area contributed by atoms with E-state index >= 15 is 0 Å². The molecule has 2 heteroatoms. The van der Waals surface area contributed by atoms with Gasteiger partial charge in [0.05, 0.1) is 0 Å². The molecule has 0 saturated carbocycles. The number of rotatable bonds is 2. The first-order chi connectivity index (χ1) is 7.32. The van der Waals surface area contributed by atoms with E-state index in [2.05, 4.69) is 24.1 Å². The highest BCUT2D eigenvalue weighted by Crippen LogP contribution is 2.33. The Morgan fingerprint density at radius 1 is 1.20 bits per heavy atom.